The number of phenols is 1. The number of benzene rings is 1. The molecule has 1 N–H and O–H groups in total. The summed E-state index contributed by atoms with van der Waals surface area (Å²) in [4.78, 5) is 11.7. The van der Waals surface area contributed by atoms with Crippen LogP contribution in [0.25, 0.3) is 0 Å². The molecule has 0 amide bonds. The zero-order valence-electron chi connectivity index (χ0n) is 16.7. The van der Waals surface area contributed by atoms with E-state index in [4.69, 9.17) is 9.47 Å². The Morgan fingerprint density at radius 2 is 2.20 bits per heavy atom. The maximum atomic E-state index is 13.1. The van der Waals surface area contributed by atoms with Crippen molar-refractivity contribution in [2.75, 3.05) is 18.1 Å². The molecule has 7 nitrogen and oxygen atoms in total. The molecule has 5 atom stereocenters. The van der Waals surface area contributed by atoms with Gasteiger partial charge in [0.2, 0.25) is 10.0 Å². The SMILES string of the molecule is CC(=O)O[C@H]1C=CC2[C@H]3Cc4ccc(O)c5c4C2(CCN3S(=O)(=O)CCCS)[C@H]1O5. The average Bonchev–Trinajstić information content (AvgIpc) is 3.04. The van der Waals surface area contributed by atoms with Crippen LogP contribution in [0.3, 0.4) is 0 Å². The molecule has 162 valence electrons. The highest BCUT2D eigenvalue weighted by atomic mass is 32.2. The number of carbonyl (C=O) groups is 1. The Morgan fingerprint density at radius 3 is 2.93 bits per heavy atom. The number of phenolic OH excluding ortho intramolecular Hbond substituents is 1. The van der Waals surface area contributed by atoms with Crippen LogP contribution in [0.2, 0.25) is 0 Å². The van der Waals surface area contributed by atoms with Gasteiger partial charge in [-0.3, -0.25) is 4.79 Å². The van der Waals surface area contributed by atoms with Crippen LogP contribution in [0.5, 0.6) is 11.5 Å². The molecule has 2 bridgehead atoms. The third-order valence-corrected chi connectivity index (χ3v) is 9.31. The predicted molar refractivity (Wildman–Crippen MR) is 113 cm³/mol. The number of rotatable bonds is 5. The predicted octanol–water partition coefficient (Wildman–Crippen LogP) is 1.79. The molecule has 2 unspecified atom stereocenters. The summed E-state index contributed by atoms with van der Waals surface area (Å²) in [6.07, 6.45) is 4.38. The Morgan fingerprint density at radius 1 is 1.40 bits per heavy atom. The average molecular weight is 452 g/mol. The number of hydrogen-bond donors (Lipinski definition) is 2. The van der Waals surface area contributed by atoms with E-state index in [2.05, 4.69) is 12.6 Å². The number of hydrogen-bond acceptors (Lipinski definition) is 7. The van der Waals surface area contributed by atoms with Crippen LogP contribution >= 0.6 is 12.6 Å². The molecule has 0 radical (unpaired) electrons. The Bertz CT molecular complexity index is 1040. The van der Waals surface area contributed by atoms with E-state index in [0.717, 1.165) is 11.1 Å². The minimum absolute atomic E-state index is 0.0696. The highest BCUT2D eigenvalue weighted by Crippen LogP contribution is 2.63. The third-order valence-electron chi connectivity index (χ3n) is 7.02. The normalized spacial score (nSPS) is 33.7. The van der Waals surface area contributed by atoms with Crippen molar-refractivity contribution < 1.29 is 27.8 Å². The van der Waals surface area contributed by atoms with Crippen molar-refractivity contribution in [1.29, 1.82) is 0 Å². The van der Waals surface area contributed by atoms with Crippen molar-refractivity contribution in [1.82, 2.24) is 4.31 Å². The monoisotopic (exact) mass is 451 g/mol. The number of carbonyl (C=O) groups excluding carboxylic acids is 1. The first-order valence-corrected chi connectivity index (χ1v) is 12.5. The minimum Gasteiger partial charge on any atom is -0.504 e. The van der Waals surface area contributed by atoms with Crippen molar-refractivity contribution >= 4 is 28.6 Å². The van der Waals surface area contributed by atoms with Crippen LogP contribution in [0, 0.1) is 5.92 Å². The standard InChI is InChI=1S/C21H25NO6S2/c1-12(23)27-17-6-4-14-15-11-13-3-5-16(24)19-18(13)21(14,20(17)28-19)7-8-22(15)30(25,26)10-2-9-29/h3-6,14-15,17,20,24,29H,2,7-11H2,1H3/t14?,15-,17+,20+,21?/m1/s1. The molecule has 1 fully saturated rings. The molecule has 2 aliphatic carbocycles. The quantitative estimate of drug-likeness (QED) is 0.403. The first kappa shape index (κ1) is 20.2. The molecule has 30 heavy (non-hydrogen) atoms. The van der Waals surface area contributed by atoms with E-state index >= 15 is 0 Å². The molecule has 1 spiro atoms. The first-order valence-electron chi connectivity index (χ1n) is 10.3. The first-order chi connectivity index (χ1) is 14.3. The Labute approximate surface area is 181 Å². The fourth-order valence-corrected chi connectivity index (χ4v) is 8.11. The van der Waals surface area contributed by atoms with Gasteiger partial charge in [-0.15, -0.1) is 0 Å². The van der Waals surface area contributed by atoms with E-state index in [1.807, 2.05) is 18.2 Å². The number of piperidine rings is 1. The highest BCUT2D eigenvalue weighted by Gasteiger charge is 2.66. The van der Waals surface area contributed by atoms with E-state index in [1.165, 1.54) is 6.92 Å². The van der Waals surface area contributed by atoms with Gasteiger partial charge in [0.05, 0.1) is 5.75 Å². The molecule has 1 aromatic rings. The van der Waals surface area contributed by atoms with Crippen LogP contribution in [0.1, 0.15) is 30.9 Å². The lowest BCUT2D eigenvalue weighted by Crippen LogP contribution is -2.66. The van der Waals surface area contributed by atoms with E-state index < -0.39 is 33.6 Å². The van der Waals surface area contributed by atoms with Gasteiger partial charge >= 0.3 is 5.97 Å². The summed E-state index contributed by atoms with van der Waals surface area (Å²) >= 11 is 4.17. The van der Waals surface area contributed by atoms with Gasteiger partial charge in [-0.1, -0.05) is 12.1 Å². The summed E-state index contributed by atoms with van der Waals surface area (Å²) in [6.45, 7) is 1.74. The van der Waals surface area contributed by atoms with Crippen LogP contribution in [0.15, 0.2) is 24.3 Å². The van der Waals surface area contributed by atoms with Crippen molar-refractivity contribution in [3.63, 3.8) is 0 Å². The fraction of sp³-hybridized carbons (Fsp3) is 0.571. The minimum atomic E-state index is -3.42. The second-order valence-corrected chi connectivity index (χ2v) is 11.0. The molecular formula is C21H25NO6S2. The maximum Gasteiger partial charge on any atom is 0.303 e. The van der Waals surface area contributed by atoms with Gasteiger partial charge in [-0.25, -0.2) is 8.42 Å². The van der Waals surface area contributed by atoms with Gasteiger partial charge in [-0.2, -0.15) is 16.9 Å². The molecular weight excluding hydrogens is 426 g/mol. The lowest BCUT2D eigenvalue weighted by Gasteiger charge is -2.56. The zero-order chi connectivity index (χ0) is 21.3. The van der Waals surface area contributed by atoms with E-state index in [9.17, 15) is 18.3 Å². The molecule has 5 rings (SSSR count). The van der Waals surface area contributed by atoms with Crippen LogP contribution < -0.4 is 4.74 Å². The van der Waals surface area contributed by atoms with Gasteiger partial charge in [0.25, 0.3) is 0 Å². The zero-order valence-corrected chi connectivity index (χ0v) is 18.4. The van der Waals surface area contributed by atoms with Gasteiger partial charge in [0.1, 0.15) is 6.10 Å². The Kier molecular flexibility index (Phi) is 4.65. The Balaban J connectivity index is 1.64. The summed E-state index contributed by atoms with van der Waals surface area (Å²) in [5.74, 6) is 0.622. The lowest BCUT2D eigenvalue weighted by molar-refractivity contribution is -0.151. The molecule has 9 heteroatoms. The number of nitrogens with zero attached hydrogens (tertiary/aromatic N) is 1. The van der Waals surface area contributed by atoms with Gasteiger partial charge in [0.15, 0.2) is 17.6 Å². The lowest BCUT2D eigenvalue weighted by atomic mass is 9.53. The Hall–Kier alpha value is -1.71. The number of sulfonamides is 1. The van der Waals surface area contributed by atoms with E-state index in [1.54, 1.807) is 10.4 Å². The summed E-state index contributed by atoms with van der Waals surface area (Å²) in [5, 5.41) is 10.5. The van der Waals surface area contributed by atoms with Gasteiger partial charge < -0.3 is 14.6 Å². The topological polar surface area (TPSA) is 93.1 Å². The van der Waals surface area contributed by atoms with Crippen molar-refractivity contribution in [2.45, 2.75) is 49.9 Å². The molecule has 0 saturated carbocycles. The maximum absolute atomic E-state index is 13.1. The summed E-state index contributed by atoms with van der Waals surface area (Å²) in [7, 11) is -3.42. The van der Waals surface area contributed by atoms with E-state index in [0.29, 0.717) is 37.3 Å². The van der Waals surface area contributed by atoms with Crippen LogP contribution in [-0.2, 0) is 31.4 Å². The number of ether oxygens (including phenoxy) is 2. The van der Waals surface area contributed by atoms with Crippen LogP contribution in [-0.4, -0.2) is 60.1 Å². The summed E-state index contributed by atoms with van der Waals surface area (Å²) in [5.41, 5.74) is 1.44. The largest absolute Gasteiger partial charge is 0.504 e. The van der Waals surface area contributed by atoms with Crippen molar-refractivity contribution in [2.24, 2.45) is 5.92 Å². The second kappa shape index (κ2) is 6.90. The smallest absolute Gasteiger partial charge is 0.303 e. The second-order valence-electron chi connectivity index (χ2n) is 8.54. The molecule has 1 saturated heterocycles. The van der Waals surface area contributed by atoms with Gasteiger partial charge in [0, 0.05) is 36.4 Å². The number of aromatic hydroxyl groups is 1. The molecule has 1 aromatic carbocycles. The van der Waals surface area contributed by atoms with E-state index in [-0.39, 0.29) is 23.5 Å². The number of thiol groups is 1. The molecule has 0 aromatic heterocycles. The van der Waals surface area contributed by atoms with Crippen LogP contribution in [0.4, 0.5) is 0 Å². The highest BCUT2D eigenvalue weighted by molar-refractivity contribution is 7.89. The van der Waals surface area contributed by atoms with Crippen molar-refractivity contribution in [3.8, 4) is 11.5 Å². The number of esters is 1. The van der Waals surface area contributed by atoms with Gasteiger partial charge in [-0.05, 0) is 42.7 Å². The molecule has 4 aliphatic rings. The fourth-order valence-electron chi connectivity index (χ4n) is 6.01. The van der Waals surface area contributed by atoms with Crippen molar-refractivity contribution in [3.05, 3.63) is 35.4 Å². The third kappa shape index (κ3) is 2.67. The summed E-state index contributed by atoms with van der Waals surface area (Å²) in [6, 6.07) is 3.24. The summed E-state index contributed by atoms with van der Waals surface area (Å²) < 4.78 is 39.7. The molecule has 2 aliphatic heterocycles. The molecule has 2 heterocycles.